The molecule has 0 fully saturated rings. The molecule has 0 radical (unpaired) electrons. The molecule has 1 atom stereocenters. The summed E-state index contributed by atoms with van der Waals surface area (Å²) in [5, 5.41) is 0. The van der Waals surface area contributed by atoms with Gasteiger partial charge in [-0.2, -0.15) is 0 Å². The van der Waals surface area contributed by atoms with Crippen LogP contribution in [0.25, 0.3) is 6.08 Å². The van der Waals surface area contributed by atoms with Gasteiger partial charge in [-0.25, -0.2) is 4.39 Å². The first kappa shape index (κ1) is 23.8. The van der Waals surface area contributed by atoms with Gasteiger partial charge in [0, 0.05) is 25.0 Å². The summed E-state index contributed by atoms with van der Waals surface area (Å²) >= 11 is 0. The number of methoxy groups -OCH3 is 1. The minimum absolute atomic E-state index is 0.138. The van der Waals surface area contributed by atoms with Crippen molar-refractivity contribution in [1.29, 1.82) is 0 Å². The normalized spacial score (nSPS) is 18.4. The van der Waals surface area contributed by atoms with Crippen molar-refractivity contribution in [3.05, 3.63) is 90.2 Å². The van der Waals surface area contributed by atoms with Crippen molar-refractivity contribution >= 4 is 23.5 Å². The number of hydrogen-bond acceptors (Lipinski definition) is 5. The Kier molecular flexibility index (Phi) is 7.01. The molecule has 2 aromatic carbocycles. The SMILES string of the molecule is C=CN(/C=C(/C)N)c1ccc(/C=C/C2=NCC(C)(c3ccc(F)cc3)N2C(C)=O)cc1OC. The van der Waals surface area contributed by atoms with Gasteiger partial charge in [0.15, 0.2) is 0 Å². The maximum absolute atomic E-state index is 13.4. The highest BCUT2D eigenvalue weighted by molar-refractivity contribution is 6.07. The van der Waals surface area contributed by atoms with Crippen LogP contribution in [0.15, 0.2) is 78.2 Å². The minimum atomic E-state index is -0.683. The minimum Gasteiger partial charge on any atom is -0.495 e. The number of benzene rings is 2. The molecule has 0 saturated heterocycles. The van der Waals surface area contributed by atoms with Gasteiger partial charge in [0.25, 0.3) is 0 Å². The zero-order valence-corrected chi connectivity index (χ0v) is 19.4. The van der Waals surface area contributed by atoms with E-state index in [4.69, 9.17) is 10.5 Å². The average molecular weight is 449 g/mol. The summed E-state index contributed by atoms with van der Waals surface area (Å²) in [4.78, 5) is 20.6. The van der Waals surface area contributed by atoms with Gasteiger partial charge in [0.2, 0.25) is 5.91 Å². The number of nitrogens with zero attached hydrogens (tertiary/aromatic N) is 3. The molecular weight excluding hydrogens is 419 g/mol. The Morgan fingerprint density at radius 1 is 1.24 bits per heavy atom. The number of carbonyl (C=O) groups excluding carboxylic acids is 1. The van der Waals surface area contributed by atoms with Gasteiger partial charge < -0.3 is 15.4 Å². The van der Waals surface area contributed by atoms with Crippen LogP contribution in [0.5, 0.6) is 5.75 Å². The topological polar surface area (TPSA) is 71.2 Å². The first-order chi connectivity index (χ1) is 15.7. The maximum atomic E-state index is 13.4. The molecule has 1 aliphatic heterocycles. The standard InChI is InChI=1S/C26H29FN4O2/c1-6-30(16-18(2)28)23-13-7-20(15-24(23)33-5)8-14-25-29-17-26(4,31(25)19(3)32)21-9-11-22(27)12-10-21/h6-16H,1,17,28H2,2-5H3/b14-8+,18-16-. The third-order valence-corrected chi connectivity index (χ3v) is 5.50. The Balaban J connectivity index is 1.89. The third-order valence-electron chi connectivity index (χ3n) is 5.50. The summed E-state index contributed by atoms with van der Waals surface area (Å²) in [5.41, 5.74) is 8.25. The second-order valence-corrected chi connectivity index (χ2v) is 8.04. The number of carbonyl (C=O) groups is 1. The fraction of sp³-hybridized carbons (Fsp3) is 0.231. The number of nitrogens with two attached hydrogens (primary N) is 1. The number of aliphatic imine (C=N–C) groups is 1. The first-order valence-corrected chi connectivity index (χ1v) is 10.5. The van der Waals surface area contributed by atoms with Crippen LogP contribution < -0.4 is 15.4 Å². The first-order valence-electron chi connectivity index (χ1n) is 10.5. The average Bonchev–Trinajstić information content (AvgIpc) is 3.13. The Labute approximate surface area is 194 Å². The van der Waals surface area contributed by atoms with E-state index in [1.165, 1.54) is 19.1 Å². The van der Waals surface area contributed by atoms with Gasteiger partial charge in [-0.05, 0) is 55.3 Å². The highest BCUT2D eigenvalue weighted by atomic mass is 19.1. The van der Waals surface area contributed by atoms with Gasteiger partial charge >= 0.3 is 0 Å². The summed E-state index contributed by atoms with van der Waals surface area (Å²) in [5.74, 6) is 0.732. The van der Waals surface area contributed by atoms with Crippen molar-refractivity contribution in [3.63, 3.8) is 0 Å². The van der Waals surface area contributed by atoms with Crippen LogP contribution in [0.2, 0.25) is 0 Å². The summed E-state index contributed by atoms with van der Waals surface area (Å²) in [6, 6.07) is 11.9. The second-order valence-electron chi connectivity index (χ2n) is 8.04. The second kappa shape index (κ2) is 9.73. The van der Waals surface area contributed by atoms with Crippen LogP contribution >= 0.6 is 0 Å². The van der Waals surface area contributed by atoms with E-state index >= 15 is 0 Å². The molecule has 33 heavy (non-hydrogen) atoms. The Hall–Kier alpha value is -3.87. The number of halogens is 1. The van der Waals surface area contributed by atoms with E-state index in [1.807, 2.05) is 31.2 Å². The molecule has 0 aromatic heterocycles. The van der Waals surface area contributed by atoms with Crippen molar-refractivity contribution in [2.45, 2.75) is 26.3 Å². The predicted octanol–water partition coefficient (Wildman–Crippen LogP) is 4.79. The highest BCUT2D eigenvalue weighted by Gasteiger charge is 2.42. The predicted molar refractivity (Wildman–Crippen MR) is 131 cm³/mol. The zero-order valence-electron chi connectivity index (χ0n) is 19.4. The number of rotatable bonds is 7. The van der Waals surface area contributed by atoms with Crippen molar-refractivity contribution < 1.29 is 13.9 Å². The van der Waals surface area contributed by atoms with Crippen LogP contribution in [0.4, 0.5) is 10.1 Å². The van der Waals surface area contributed by atoms with Crippen molar-refractivity contribution in [1.82, 2.24) is 4.90 Å². The molecule has 1 unspecified atom stereocenters. The molecule has 172 valence electrons. The molecule has 0 spiro atoms. The molecule has 2 aromatic rings. The lowest BCUT2D eigenvalue weighted by molar-refractivity contribution is -0.128. The fourth-order valence-electron chi connectivity index (χ4n) is 3.92. The molecule has 1 heterocycles. The van der Waals surface area contributed by atoms with Crippen LogP contribution in [0.3, 0.4) is 0 Å². The number of amides is 1. The number of anilines is 1. The molecule has 6 nitrogen and oxygen atoms in total. The number of allylic oxidation sites excluding steroid dienone is 1. The molecular formula is C26H29FN4O2. The summed E-state index contributed by atoms with van der Waals surface area (Å²) in [6.45, 7) is 9.45. The Morgan fingerprint density at radius 3 is 2.52 bits per heavy atom. The summed E-state index contributed by atoms with van der Waals surface area (Å²) in [6.07, 6.45) is 7.09. The lowest BCUT2D eigenvalue weighted by Crippen LogP contribution is -2.46. The van der Waals surface area contributed by atoms with E-state index in [2.05, 4.69) is 11.6 Å². The van der Waals surface area contributed by atoms with Crippen LogP contribution in [-0.4, -0.2) is 30.3 Å². The summed E-state index contributed by atoms with van der Waals surface area (Å²) < 4.78 is 19.0. The molecule has 7 heteroatoms. The van der Waals surface area contributed by atoms with Crippen LogP contribution in [0, 0.1) is 5.82 Å². The van der Waals surface area contributed by atoms with Gasteiger partial charge in [-0.1, -0.05) is 30.9 Å². The van der Waals surface area contributed by atoms with Gasteiger partial charge in [-0.15, -0.1) is 0 Å². The summed E-state index contributed by atoms with van der Waals surface area (Å²) in [7, 11) is 1.60. The third kappa shape index (κ3) is 4.98. The maximum Gasteiger partial charge on any atom is 0.225 e. The van der Waals surface area contributed by atoms with Crippen molar-refractivity contribution in [3.8, 4) is 5.75 Å². The zero-order chi connectivity index (χ0) is 24.2. The lowest BCUT2D eigenvalue weighted by Gasteiger charge is -2.34. The number of ether oxygens (including phenoxy) is 1. The number of hydrogen-bond donors (Lipinski definition) is 1. The van der Waals surface area contributed by atoms with E-state index in [0.717, 1.165) is 16.8 Å². The van der Waals surface area contributed by atoms with Gasteiger partial charge in [-0.3, -0.25) is 14.7 Å². The molecule has 1 aliphatic rings. The van der Waals surface area contributed by atoms with Crippen molar-refractivity contribution in [2.75, 3.05) is 18.6 Å². The molecule has 0 bridgehead atoms. The smallest absolute Gasteiger partial charge is 0.225 e. The quantitative estimate of drug-likeness (QED) is 0.661. The van der Waals surface area contributed by atoms with E-state index in [0.29, 0.717) is 23.8 Å². The molecule has 2 N–H and O–H groups in total. The molecule has 0 aliphatic carbocycles. The van der Waals surface area contributed by atoms with E-state index in [9.17, 15) is 9.18 Å². The monoisotopic (exact) mass is 448 g/mol. The van der Waals surface area contributed by atoms with Crippen LogP contribution in [0.1, 0.15) is 31.9 Å². The Bertz CT molecular complexity index is 1130. The van der Waals surface area contributed by atoms with E-state index in [1.54, 1.807) is 54.4 Å². The highest BCUT2D eigenvalue weighted by Crippen LogP contribution is 2.35. The number of amidine groups is 1. The largest absolute Gasteiger partial charge is 0.495 e. The van der Waals surface area contributed by atoms with Crippen LogP contribution in [-0.2, 0) is 10.3 Å². The van der Waals surface area contributed by atoms with Gasteiger partial charge in [0.1, 0.15) is 17.4 Å². The molecule has 0 saturated carbocycles. The lowest BCUT2D eigenvalue weighted by atomic mass is 9.91. The van der Waals surface area contributed by atoms with Gasteiger partial charge in [0.05, 0.1) is 24.9 Å². The Morgan fingerprint density at radius 2 is 1.94 bits per heavy atom. The van der Waals surface area contributed by atoms with E-state index < -0.39 is 5.54 Å². The molecule has 3 rings (SSSR count). The van der Waals surface area contributed by atoms with E-state index in [-0.39, 0.29) is 11.7 Å². The van der Waals surface area contributed by atoms with Crippen molar-refractivity contribution in [2.24, 2.45) is 10.7 Å². The fourth-order valence-corrected chi connectivity index (χ4v) is 3.92. The molecule has 1 amide bonds.